The van der Waals surface area contributed by atoms with Crippen molar-refractivity contribution in [3.63, 3.8) is 0 Å². The Balaban J connectivity index is 2.34. The molecule has 0 fully saturated rings. The van der Waals surface area contributed by atoms with Gasteiger partial charge in [-0.05, 0) is 11.6 Å². The molecule has 0 amide bonds. The first-order valence-electron chi connectivity index (χ1n) is 4.87. The molecule has 2 nitrogen and oxygen atoms in total. The van der Waals surface area contributed by atoms with E-state index in [1.54, 1.807) is 0 Å². The third-order valence-electron chi connectivity index (χ3n) is 2.10. The summed E-state index contributed by atoms with van der Waals surface area (Å²) in [7, 11) is 0. The molecule has 88 valence electrons. The summed E-state index contributed by atoms with van der Waals surface area (Å²) < 4.78 is 30.6. The van der Waals surface area contributed by atoms with Crippen molar-refractivity contribution < 1.29 is 18.6 Å². The highest BCUT2D eigenvalue weighted by Gasteiger charge is 2.34. The molecule has 0 aromatic heterocycles. The molecule has 0 aliphatic carbocycles. The van der Waals surface area contributed by atoms with Crippen LogP contribution >= 0.6 is 0 Å². The van der Waals surface area contributed by atoms with Gasteiger partial charge in [0.1, 0.15) is 6.10 Å². The number of halogens is 2. The Kier molecular flexibility index (Phi) is 4.58. The summed E-state index contributed by atoms with van der Waals surface area (Å²) in [6.07, 6.45) is -1.43. The Hall–Kier alpha value is -1.26. The van der Waals surface area contributed by atoms with Crippen molar-refractivity contribution in [1.82, 2.24) is 0 Å². The number of benzene rings is 1. The lowest BCUT2D eigenvalue weighted by Gasteiger charge is -2.18. The van der Waals surface area contributed by atoms with E-state index in [4.69, 9.17) is 9.84 Å². The normalized spacial score (nSPS) is 13.4. The van der Waals surface area contributed by atoms with Gasteiger partial charge in [0.25, 0.3) is 5.92 Å². The van der Waals surface area contributed by atoms with Gasteiger partial charge in [0.05, 0.1) is 13.2 Å². The van der Waals surface area contributed by atoms with E-state index in [1.807, 2.05) is 30.3 Å². The van der Waals surface area contributed by atoms with Gasteiger partial charge in [-0.2, -0.15) is 8.78 Å². The number of hydrogen-bond donors (Lipinski definition) is 1. The molecular weight excluding hydrogens is 214 g/mol. The predicted molar refractivity (Wildman–Crippen MR) is 57.2 cm³/mol. The first kappa shape index (κ1) is 12.8. The largest absolute Gasteiger partial charge is 0.384 e. The minimum absolute atomic E-state index is 0.200. The smallest absolute Gasteiger partial charge is 0.293 e. The maximum Gasteiger partial charge on any atom is 0.293 e. The molecule has 0 saturated heterocycles. The number of ether oxygens (including phenoxy) is 1. The number of aliphatic hydroxyl groups is 1. The SMILES string of the molecule is C=CC(F)(F)[C@@H](O)COCc1ccccc1. The zero-order valence-electron chi connectivity index (χ0n) is 8.77. The highest BCUT2D eigenvalue weighted by atomic mass is 19.3. The number of aliphatic hydroxyl groups excluding tert-OH is 1. The summed E-state index contributed by atoms with van der Waals surface area (Å²) in [5.74, 6) is -3.31. The van der Waals surface area contributed by atoms with Crippen LogP contribution in [0.1, 0.15) is 5.56 Å². The van der Waals surface area contributed by atoms with Crippen LogP contribution in [0, 0.1) is 0 Å². The molecule has 0 aliphatic rings. The molecule has 1 aromatic carbocycles. The molecule has 1 aromatic rings. The van der Waals surface area contributed by atoms with Gasteiger partial charge < -0.3 is 9.84 Å². The van der Waals surface area contributed by atoms with Crippen LogP contribution in [0.25, 0.3) is 0 Å². The fraction of sp³-hybridized carbons (Fsp3) is 0.333. The highest BCUT2D eigenvalue weighted by molar-refractivity contribution is 5.13. The topological polar surface area (TPSA) is 29.5 Å². The lowest BCUT2D eigenvalue weighted by molar-refractivity contribution is -0.105. The Bertz CT molecular complexity index is 325. The van der Waals surface area contributed by atoms with Crippen LogP contribution in [-0.2, 0) is 11.3 Å². The van der Waals surface area contributed by atoms with Gasteiger partial charge in [0, 0.05) is 0 Å². The van der Waals surface area contributed by atoms with Crippen LogP contribution in [0.4, 0.5) is 8.78 Å². The summed E-state index contributed by atoms with van der Waals surface area (Å²) in [5, 5.41) is 9.11. The lowest BCUT2D eigenvalue weighted by Crippen LogP contribution is -2.35. The Morgan fingerprint density at radius 2 is 2.00 bits per heavy atom. The van der Waals surface area contributed by atoms with E-state index in [0.717, 1.165) is 5.56 Å². The standard InChI is InChI=1S/C12H14F2O2/c1-2-12(13,14)11(15)9-16-8-10-6-4-3-5-7-10/h2-7,11,15H,1,8-9H2/t11-/m0/s1. The number of alkyl halides is 2. The summed E-state index contributed by atoms with van der Waals surface area (Å²) in [4.78, 5) is 0. The van der Waals surface area contributed by atoms with E-state index in [9.17, 15) is 8.78 Å². The first-order valence-corrected chi connectivity index (χ1v) is 4.87. The van der Waals surface area contributed by atoms with Crippen LogP contribution in [0.2, 0.25) is 0 Å². The van der Waals surface area contributed by atoms with Crippen molar-refractivity contribution in [3.05, 3.63) is 48.6 Å². The van der Waals surface area contributed by atoms with Gasteiger partial charge in [-0.1, -0.05) is 36.9 Å². The van der Waals surface area contributed by atoms with Gasteiger partial charge >= 0.3 is 0 Å². The predicted octanol–water partition coefficient (Wildman–Crippen LogP) is 2.39. The van der Waals surface area contributed by atoms with Gasteiger partial charge in [-0.3, -0.25) is 0 Å². The van der Waals surface area contributed by atoms with Crippen LogP contribution in [-0.4, -0.2) is 23.7 Å². The van der Waals surface area contributed by atoms with Gasteiger partial charge in [0.2, 0.25) is 0 Å². The maximum atomic E-state index is 12.8. The molecule has 1 atom stereocenters. The van der Waals surface area contributed by atoms with E-state index in [-0.39, 0.29) is 6.61 Å². The second-order valence-corrected chi connectivity index (χ2v) is 3.40. The Morgan fingerprint density at radius 1 is 1.38 bits per heavy atom. The van der Waals surface area contributed by atoms with Crippen molar-refractivity contribution in [3.8, 4) is 0 Å². The molecule has 0 spiro atoms. The Labute approximate surface area is 93.2 Å². The van der Waals surface area contributed by atoms with Gasteiger partial charge in [0.15, 0.2) is 0 Å². The number of hydrogen-bond acceptors (Lipinski definition) is 2. The van der Waals surface area contributed by atoms with E-state index >= 15 is 0 Å². The monoisotopic (exact) mass is 228 g/mol. The molecule has 0 bridgehead atoms. The lowest BCUT2D eigenvalue weighted by atomic mass is 10.2. The minimum Gasteiger partial charge on any atom is -0.384 e. The van der Waals surface area contributed by atoms with Gasteiger partial charge in [-0.15, -0.1) is 0 Å². The van der Waals surface area contributed by atoms with Crippen molar-refractivity contribution in [1.29, 1.82) is 0 Å². The highest BCUT2D eigenvalue weighted by Crippen LogP contribution is 2.20. The fourth-order valence-corrected chi connectivity index (χ4v) is 1.11. The summed E-state index contributed by atoms with van der Waals surface area (Å²) in [5.41, 5.74) is 0.872. The first-order chi connectivity index (χ1) is 7.56. The molecule has 0 unspecified atom stereocenters. The molecule has 1 rings (SSSR count). The molecule has 0 radical (unpaired) electrons. The molecule has 0 heterocycles. The average molecular weight is 228 g/mol. The van der Waals surface area contributed by atoms with E-state index in [0.29, 0.717) is 6.08 Å². The second kappa shape index (κ2) is 5.72. The fourth-order valence-electron chi connectivity index (χ4n) is 1.11. The van der Waals surface area contributed by atoms with Crippen LogP contribution < -0.4 is 0 Å². The summed E-state index contributed by atoms with van der Waals surface area (Å²) >= 11 is 0. The van der Waals surface area contributed by atoms with Crippen LogP contribution in [0.5, 0.6) is 0 Å². The van der Waals surface area contributed by atoms with Crippen molar-refractivity contribution in [2.24, 2.45) is 0 Å². The second-order valence-electron chi connectivity index (χ2n) is 3.40. The number of rotatable bonds is 6. The van der Waals surface area contributed by atoms with Crippen molar-refractivity contribution >= 4 is 0 Å². The molecule has 4 heteroatoms. The average Bonchev–Trinajstić information content (AvgIpc) is 2.30. The zero-order chi connectivity index (χ0) is 12.0. The van der Waals surface area contributed by atoms with E-state index in [2.05, 4.69) is 6.58 Å². The van der Waals surface area contributed by atoms with E-state index < -0.39 is 18.6 Å². The third-order valence-corrected chi connectivity index (χ3v) is 2.10. The van der Waals surface area contributed by atoms with E-state index in [1.165, 1.54) is 0 Å². The van der Waals surface area contributed by atoms with Crippen molar-refractivity contribution in [2.45, 2.75) is 18.6 Å². The molecule has 0 saturated carbocycles. The zero-order valence-corrected chi connectivity index (χ0v) is 8.77. The third kappa shape index (κ3) is 3.72. The van der Waals surface area contributed by atoms with Crippen LogP contribution in [0.3, 0.4) is 0 Å². The molecule has 1 N–H and O–H groups in total. The molecule has 16 heavy (non-hydrogen) atoms. The Morgan fingerprint density at radius 3 is 2.56 bits per heavy atom. The summed E-state index contributed by atoms with van der Waals surface area (Å²) in [6.45, 7) is 2.73. The maximum absolute atomic E-state index is 12.8. The van der Waals surface area contributed by atoms with Crippen LogP contribution in [0.15, 0.2) is 43.0 Å². The van der Waals surface area contributed by atoms with Crippen molar-refractivity contribution in [2.75, 3.05) is 6.61 Å². The molecular formula is C12H14F2O2. The van der Waals surface area contributed by atoms with Gasteiger partial charge in [-0.25, -0.2) is 0 Å². The minimum atomic E-state index is -3.31. The molecule has 0 aliphatic heterocycles. The quantitative estimate of drug-likeness (QED) is 0.757. The summed E-state index contributed by atoms with van der Waals surface area (Å²) in [6, 6.07) is 9.14.